The molecule has 2 aromatic heterocycles. The number of Topliss-reactive ketones (excluding diaryl/α,β-unsaturated/α-hetero) is 1. The normalized spacial score (nSPS) is 18.7. The number of rotatable bonds is 5. The van der Waals surface area contributed by atoms with Crippen molar-refractivity contribution in [2.45, 2.75) is 19.0 Å². The van der Waals surface area contributed by atoms with E-state index in [4.69, 9.17) is 8.83 Å². The third-order valence-corrected chi connectivity index (χ3v) is 4.57. The Kier molecular flexibility index (Phi) is 4.67. The highest BCUT2D eigenvalue weighted by molar-refractivity contribution is 6.10. The lowest BCUT2D eigenvalue weighted by Gasteiger charge is -2.29. The maximum atomic E-state index is 15.9. The van der Waals surface area contributed by atoms with Crippen molar-refractivity contribution in [3.63, 3.8) is 0 Å². The molecular formula is C21H16FN3O4. The Hall–Kier alpha value is -3.81. The number of hydrogen-bond acceptors (Lipinski definition) is 6. The van der Waals surface area contributed by atoms with Crippen LogP contribution in [0.5, 0.6) is 0 Å². The lowest BCUT2D eigenvalue weighted by atomic mass is 9.80. The first-order valence-electron chi connectivity index (χ1n) is 8.83. The maximum Gasteiger partial charge on any atom is 0.322 e. The number of ketones is 1. The van der Waals surface area contributed by atoms with Gasteiger partial charge in [-0.25, -0.2) is 4.39 Å². The van der Waals surface area contributed by atoms with E-state index in [1.807, 2.05) is 30.3 Å². The average molecular weight is 393 g/mol. The highest BCUT2D eigenvalue weighted by atomic mass is 19.1. The van der Waals surface area contributed by atoms with E-state index in [0.717, 1.165) is 5.56 Å². The van der Waals surface area contributed by atoms with Gasteiger partial charge >= 0.3 is 6.01 Å². The molecule has 0 fully saturated rings. The summed E-state index contributed by atoms with van der Waals surface area (Å²) >= 11 is 0. The Balaban J connectivity index is 1.61. The van der Waals surface area contributed by atoms with Crippen LogP contribution in [-0.2, 0) is 9.59 Å². The van der Waals surface area contributed by atoms with Crippen LogP contribution in [0.1, 0.15) is 18.9 Å². The van der Waals surface area contributed by atoms with Gasteiger partial charge in [-0.15, -0.1) is 5.10 Å². The van der Waals surface area contributed by atoms with Crippen LogP contribution >= 0.6 is 0 Å². The van der Waals surface area contributed by atoms with Crippen LogP contribution < -0.4 is 5.32 Å². The smallest absolute Gasteiger partial charge is 0.322 e. The van der Waals surface area contributed by atoms with Crippen molar-refractivity contribution < 1.29 is 22.8 Å². The molecule has 0 bridgehead atoms. The van der Waals surface area contributed by atoms with Crippen molar-refractivity contribution in [1.29, 1.82) is 0 Å². The van der Waals surface area contributed by atoms with E-state index in [1.54, 1.807) is 18.2 Å². The summed E-state index contributed by atoms with van der Waals surface area (Å²) < 4.78 is 26.4. The first-order valence-corrected chi connectivity index (χ1v) is 8.83. The van der Waals surface area contributed by atoms with E-state index in [-0.39, 0.29) is 23.9 Å². The van der Waals surface area contributed by atoms with Gasteiger partial charge in [-0.2, -0.15) is 0 Å². The summed E-state index contributed by atoms with van der Waals surface area (Å²) in [6, 6.07) is 12.0. The summed E-state index contributed by atoms with van der Waals surface area (Å²) in [4.78, 5) is 24.8. The van der Waals surface area contributed by atoms with Crippen molar-refractivity contribution in [1.82, 2.24) is 10.2 Å². The fraction of sp³-hybridized carbons (Fsp3) is 0.143. The first kappa shape index (κ1) is 18.5. The topological polar surface area (TPSA) is 98.2 Å². The number of allylic oxidation sites excluding steroid dienone is 3. The predicted molar refractivity (Wildman–Crippen MR) is 102 cm³/mol. The third-order valence-electron chi connectivity index (χ3n) is 4.57. The summed E-state index contributed by atoms with van der Waals surface area (Å²) in [5.74, 6) is -1.25. The lowest BCUT2D eigenvalue weighted by molar-refractivity contribution is -0.127. The number of furan rings is 1. The van der Waals surface area contributed by atoms with E-state index in [1.165, 1.54) is 19.3 Å². The molecule has 0 spiro atoms. The molecule has 1 atom stereocenters. The number of nitrogens with zero attached hydrogens (tertiary/aromatic N) is 2. The zero-order valence-corrected chi connectivity index (χ0v) is 15.4. The van der Waals surface area contributed by atoms with Crippen LogP contribution in [0.2, 0.25) is 0 Å². The molecule has 8 heteroatoms. The van der Waals surface area contributed by atoms with E-state index in [0.29, 0.717) is 11.3 Å². The summed E-state index contributed by atoms with van der Waals surface area (Å²) in [6.45, 7) is 1.22. The Bertz CT molecular complexity index is 1120. The molecule has 2 heterocycles. The van der Waals surface area contributed by atoms with Crippen molar-refractivity contribution in [3.8, 4) is 11.7 Å². The molecule has 1 aliphatic carbocycles. The van der Waals surface area contributed by atoms with Gasteiger partial charge in [0.05, 0.1) is 6.26 Å². The molecule has 1 unspecified atom stereocenters. The quantitative estimate of drug-likeness (QED) is 0.704. The van der Waals surface area contributed by atoms with Crippen LogP contribution in [0, 0.1) is 0 Å². The lowest BCUT2D eigenvalue weighted by Crippen LogP contribution is -2.44. The number of alkyl halides is 1. The van der Waals surface area contributed by atoms with Gasteiger partial charge in [-0.1, -0.05) is 47.6 Å². The van der Waals surface area contributed by atoms with Crippen molar-refractivity contribution in [2.24, 2.45) is 0 Å². The minimum atomic E-state index is -2.58. The number of nitrogens with one attached hydrogen (secondary N) is 1. The van der Waals surface area contributed by atoms with Gasteiger partial charge in [-0.05, 0) is 30.2 Å². The van der Waals surface area contributed by atoms with Crippen LogP contribution in [0.3, 0.4) is 0 Å². The molecule has 0 saturated heterocycles. The number of amides is 1. The zero-order valence-electron chi connectivity index (χ0n) is 15.4. The Morgan fingerprint density at radius 1 is 1.10 bits per heavy atom. The number of halogens is 1. The van der Waals surface area contributed by atoms with E-state index in [2.05, 4.69) is 15.5 Å². The minimum absolute atomic E-state index is 0.0362. The predicted octanol–water partition coefficient (Wildman–Crippen LogP) is 3.98. The van der Waals surface area contributed by atoms with Crippen molar-refractivity contribution in [3.05, 3.63) is 72.0 Å². The van der Waals surface area contributed by atoms with Crippen molar-refractivity contribution >= 4 is 23.3 Å². The van der Waals surface area contributed by atoms with Crippen LogP contribution in [0.25, 0.3) is 17.2 Å². The second kappa shape index (κ2) is 7.31. The molecule has 1 amide bonds. The molecule has 4 rings (SSSR count). The fourth-order valence-electron chi connectivity index (χ4n) is 3.15. The maximum absolute atomic E-state index is 15.9. The van der Waals surface area contributed by atoms with E-state index < -0.39 is 17.4 Å². The molecule has 29 heavy (non-hydrogen) atoms. The van der Waals surface area contributed by atoms with Gasteiger partial charge in [-0.3, -0.25) is 14.9 Å². The SMILES string of the molecule is CC(=O)C1=CC=C(c2ccccc2)CC1(F)C(=O)Nc1nnc(-c2ccco2)o1. The molecule has 7 nitrogen and oxygen atoms in total. The summed E-state index contributed by atoms with van der Waals surface area (Å²) in [5.41, 5.74) is -1.46. The Labute approximate surface area is 164 Å². The molecule has 0 aliphatic heterocycles. The molecule has 3 aromatic rings. The molecule has 1 aromatic carbocycles. The largest absolute Gasteiger partial charge is 0.459 e. The summed E-state index contributed by atoms with van der Waals surface area (Å²) in [5, 5.41) is 9.72. The fourth-order valence-corrected chi connectivity index (χ4v) is 3.15. The third kappa shape index (κ3) is 3.52. The Morgan fingerprint density at radius 2 is 1.90 bits per heavy atom. The van der Waals surface area contributed by atoms with Gasteiger partial charge in [0.15, 0.2) is 11.5 Å². The molecule has 1 N–H and O–H groups in total. The van der Waals surface area contributed by atoms with Crippen molar-refractivity contribution in [2.75, 3.05) is 5.32 Å². The van der Waals surface area contributed by atoms with Gasteiger partial charge in [0.25, 0.3) is 11.8 Å². The summed E-state index contributed by atoms with van der Waals surface area (Å²) in [6.07, 6.45) is 4.12. The van der Waals surface area contributed by atoms with Gasteiger partial charge in [0.2, 0.25) is 5.67 Å². The molecule has 0 saturated carbocycles. The van der Waals surface area contributed by atoms with Crippen LogP contribution in [0.4, 0.5) is 10.4 Å². The van der Waals surface area contributed by atoms with Crippen LogP contribution in [0.15, 0.2) is 75.3 Å². The van der Waals surface area contributed by atoms with Gasteiger partial charge in [0.1, 0.15) is 0 Å². The molecular weight excluding hydrogens is 377 g/mol. The number of carbonyl (C=O) groups is 2. The van der Waals surface area contributed by atoms with E-state index in [9.17, 15) is 9.59 Å². The van der Waals surface area contributed by atoms with E-state index >= 15 is 4.39 Å². The number of aromatic nitrogens is 2. The number of benzene rings is 1. The minimum Gasteiger partial charge on any atom is -0.459 e. The standard InChI is InChI=1S/C21H16FN3O4/c1-13(26)16-10-9-15(14-6-3-2-4-7-14)12-21(16,22)19(27)23-20-25-24-18(29-20)17-8-5-11-28-17/h2-11H,12H2,1H3,(H,23,25,27). The molecule has 1 aliphatic rings. The number of carbonyl (C=O) groups excluding carboxylic acids is 2. The van der Waals surface area contributed by atoms with Gasteiger partial charge in [0, 0.05) is 12.0 Å². The summed E-state index contributed by atoms with van der Waals surface area (Å²) in [7, 11) is 0. The van der Waals surface area contributed by atoms with Gasteiger partial charge < -0.3 is 8.83 Å². The zero-order chi connectivity index (χ0) is 20.4. The first-order chi connectivity index (χ1) is 14.0. The van der Waals surface area contributed by atoms with Crippen LogP contribution in [-0.4, -0.2) is 27.6 Å². The Morgan fingerprint density at radius 3 is 2.59 bits per heavy atom. The molecule has 0 radical (unpaired) electrons. The number of hydrogen-bond donors (Lipinski definition) is 1. The second-order valence-electron chi connectivity index (χ2n) is 6.52. The highest BCUT2D eigenvalue weighted by Crippen LogP contribution is 2.39. The molecule has 146 valence electrons. The highest BCUT2D eigenvalue weighted by Gasteiger charge is 2.47. The second-order valence-corrected chi connectivity index (χ2v) is 6.52. The monoisotopic (exact) mass is 393 g/mol. The average Bonchev–Trinajstić information content (AvgIpc) is 3.40. The number of anilines is 1.